The van der Waals surface area contributed by atoms with Gasteiger partial charge in [0, 0.05) is 30.6 Å². The van der Waals surface area contributed by atoms with Crippen molar-refractivity contribution in [1.82, 2.24) is 15.3 Å². The monoisotopic (exact) mass is 292 g/mol. The molecule has 7 heteroatoms. The number of aromatic nitrogens is 2. The number of nitrogens with zero attached hydrogens (tertiary/aromatic N) is 2. The van der Waals surface area contributed by atoms with Crippen molar-refractivity contribution in [3.05, 3.63) is 40.0 Å². The van der Waals surface area contributed by atoms with Gasteiger partial charge in [-0.05, 0) is 12.1 Å². The zero-order valence-corrected chi connectivity index (χ0v) is 11.9. The number of hydrogen-bond donors (Lipinski definition) is 2. The van der Waals surface area contributed by atoms with Crippen LogP contribution in [0, 0.1) is 0 Å². The minimum absolute atomic E-state index is 0.194. The second-order valence-electron chi connectivity index (χ2n) is 4.06. The number of methoxy groups -OCH3 is 1. The molecule has 0 aliphatic carbocycles. The molecule has 2 aromatic heterocycles. The summed E-state index contributed by atoms with van der Waals surface area (Å²) >= 11 is 1.45. The van der Waals surface area contributed by atoms with Gasteiger partial charge in [-0.25, -0.2) is 9.97 Å². The number of ether oxygens (including phenoxy) is 1. The SMILES string of the molecule is COc1ccc(CNC(=O)c2csc(CCN)n2)cn1. The average Bonchev–Trinajstić information content (AvgIpc) is 2.94. The first-order valence-corrected chi connectivity index (χ1v) is 7.02. The zero-order valence-electron chi connectivity index (χ0n) is 11.1. The van der Waals surface area contributed by atoms with Crippen molar-refractivity contribution in [2.24, 2.45) is 5.73 Å². The number of nitrogens with one attached hydrogen (secondary N) is 1. The van der Waals surface area contributed by atoms with Crippen LogP contribution in [0.25, 0.3) is 0 Å². The van der Waals surface area contributed by atoms with Gasteiger partial charge in [0.25, 0.3) is 5.91 Å². The molecule has 2 rings (SSSR count). The number of thiazole rings is 1. The summed E-state index contributed by atoms with van der Waals surface area (Å²) in [5, 5.41) is 5.42. The van der Waals surface area contributed by atoms with Crippen LogP contribution < -0.4 is 15.8 Å². The minimum Gasteiger partial charge on any atom is -0.481 e. The van der Waals surface area contributed by atoms with Crippen molar-refractivity contribution in [3.8, 4) is 5.88 Å². The van der Waals surface area contributed by atoms with Crippen LogP contribution in [0.1, 0.15) is 21.1 Å². The summed E-state index contributed by atoms with van der Waals surface area (Å²) in [7, 11) is 1.56. The van der Waals surface area contributed by atoms with Gasteiger partial charge in [-0.3, -0.25) is 4.79 Å². The molecule has 106 valence electrons. The summed E-state index contributed by atoms with van der Waals surface area (Å²) in [5.74, 6) is 0.353. The molecule has 2 heterocycles. The van der Waals surface area contributed by atoms with Gasteiger partial charge < -0.3 is 15.8 Å². The first-order chi connectivity index (χ1) is 9.72. The van der Waals surface area contributed by atoms with Gasteiger partial charge in [0.1, 0.15) is 5.69 Å². The number of carbonyl (C=O) groups is 1. The molecule has 0 spiro atoms. The van der Waals surface area contributed by atoms with E-state index in [2.05, 4.69) is 15.3 Å². The van der Waals surface area contributed by atoms with Crippen molar-refractivity contribution in [2.45, 2.75) is 13.0 Å². The van der Waals surface area contributed by atoms with E-state index in [1.54, 1.807) is 24.8 Å². The van der Waals surface area contributed by atoms with E-state index in [0.717, 1.165) is 10.6 Å². The minimum atomic E-state index is -0.194. The van der Waals surface area contributed by atoms with Gasteiger partial charge in [-0.1, -0.05) is 6.07 Å². The molecule has 1 amide bonds. The van der Waals surface area contributed by atoms with Gasteiger partial charge in [0.2, 0.25) is 5.88 Å². The maximum Gasteiger partial charge on any atom is 0.271 e. The molecular formula is C13H16N4O2S. The third-order valence-corrected chi connectivity index (χ3v) is 3.51. The van der Waals surface area contributed by atoms with E-state index in [1.165, 1.54) is 11.3 Å². The molecular weight excluding hydrogens is 276 g/mol. The van der Waals surface area contributed by atoms with Crippen LogP contribution >= 0.6 is 11.3 Å². The Labute approximate surface area is 121 Å². The van der Waals surface area contributed by atoms with Crippen molar-refractivity contribution in [2.75, 3.05) is 13.7 Å². The number of carbonyl (C=O) groups excluding carboxylic acids is 1. The second-order valence-corrected chi connectivity index (χ2v) is 5.00. The summed E-state index contributed by atoms with van der Waals surface area (Å²) < 4.78 is 4.97. The normalized spacial score (nSPS) is 10.3. The fourth-order valence-electron chi connectivity index (χ4n) is 1.56. The van der Waals surface area contributed by atoms with Crippen LogP contribution in [0.15, 0.2) is 23.7 Å². The molecule has 0 saturated heterocycles. The van der Waals surface area contributed by atoms with Crippen molar-refractivity contribution in [1.29, 1.82) is 0 Å². The van der Waals surface area contributed by atoms with Crippen molar-refractivity contribution >= 4 is 17.2 Å². The lowest BCUT2D eigenvalue weighted by atomic mass is 10.3. The van der Waals surface area contributed by atoms with E-state index < -0.39 is 0 Å². The van der Waals surface area contributed by atoms with E-state index in [0.29, 0.717) is 31.1 Å². The molecule has 6 nitrogen and oxygen atoms in total. The number of nitrogens with two attached hydrogens (primary N) is 1. The largest absolute Gasteiger partial charge is 0.481 e. The molecule has 0 saturated carbocycles. The van der Waals surface area contributed by atoms with Crippen LogP contribution in [0.5, 0.6) is 5.88 Å². The fraction of sp³-hybridized carbons (Fsp3) is 0.308. The predicted octanol–water partition coefficient (Wildman–Crippen LogP) is 0.978. The molecule has 0 atom stereocenters. The third kappa shape index (κ3) is 3.75. The Bertz CT molecular complexity index is 568. The van der Waals surface area contributed by atoms with E-state index in [4.69, 9.17) is 10.5 Å². The first-order valence-electron chi connectivity index (χ1n) is 6.14. The van der Waals surface area contributed by atoms with Gasteiger partial charge >= 0.3 is 0 Å². The zero-order chi connectivity index (χ0) is 14.4. The Morgan fingerprint density at radius 2 is 2.35 bits per heavy atom. The smallest absolute Gasteiger partial charge is 0.271 e. The molecule has 0 radical (unpaired) electrons. The van der Waals surface area contributed by atoms with Gasteiger partial charge in [0.05, 0.1) is 12.1 Å². The molecule has 3 N–H and O–H groups in total. The van der Waals surface area contributed by atoms with Crippen LogP contribution in [-0.2, 0) is 13.0 Å². The van der Waals surface area contributed by atoms with E-state index in [-0.39, 0.29) is 5.91 Å². The lowest BCUT2D eigenvalue weighted by Gasteiger charge is -2.04. The Morgan fingerprint density at radius 1 is 1.50 bits per heavy atom. The number of rotatable bonds is 6. The van der Waals surface area contributed by atoms with Crippen LogP contribution in [0.4, 0.5) is 0 Å². The van der Waals surface area contributed by atoms with Gasteiger partial charge in [-0.2, -0.15) is 0 Å². The first kappa shape index (κ1) is 14.4. The molecule has 0 bridgehead atoms. The lowest BCUT2D eigenvalue weighted by molar-refractivity contribution is 0.0946. The highest BCUT2D eigenvalue weighted by atomic mass is 32.1. The van der Waals surface area contributed by atoms with Gasteiger partial charge in [0.15, 0.2) is 0 Å². The van der Waals surface area contributed by atoms with Crippen LogP contribution in [-0.4, -0.2) is 29.5 Å². The highest BCUT2D eigenvalue weighted by Crippen LogP contribution is 2.10. The highest BCUT2D eigenvalue weighted by Gasteiger charge is 2.10. The Morgan fingerprint density at radius 3 is 3.00 bits per heavy atom. The number of pyridine rings is 1. The third-order valence-electron chi connectivity index (χ3n) is 2.60. The van der Waals surface area contributed by atoms with Crippen LogP contribution in [0.2, 0.25) is 0 Å². The van der Waals surface area contributed by atoms with E-state index >= 15 is 0 Å². The Balaban J connectivity index is 1.90. The quantitative estimate of drug-likeness (QED) is 0.828. The summed E-state index contributed by atoms with van der Waals surface area (Å²) in [5.41, 5.74) is 6.78. The van der Waals surface area contributed by atoms with Crippen LogP contribution in [0.3, 0.4) is 0 Å². The molecule has 0 aliphatic heterocycles. The summed E-state index contributed by atoms with van der Waals surface area (Å²) in [6, 6.07) is 3.61. The van der Waals surface area contributed by atoms with E-state index in [9.17, 15) is 4.79 Å². The molecule has 2 aromatic rings. The topological polar surface area (TPSA) is 90.1 Å². The summed E-state index contributed by atoms with van der Waals surface area (Å²) in [4.78, 5) is 20.2. The standard InChI is InChI=1S/C13H16N4O2S/c1-19-11-3-2-9(6-15-11)7-16-13(18)10-8-20-12(17-10)4-5-14/h2-3,6,8H,4-5,7,14H2,1H3,(H,16,18). The Kier molecular flexibility index (Phi) is 5.03. The molecule has 0 aliphatic rings. The summed E-state index contributed by atoms with van der Waals surface area (Å²) in [6.45, 7) is 0.936. The van der Waals surface area contributed by atoms with Crippen molar-refractivity contribution < 1.29 is 9.53 Å². The molecule has 0 fully saturated rings. The number of hydrogen-bond acceptors (Lipinski definition) is 6. The molecule has 0 unspecified atom stereocenters. The second kappa shape index (κ2) is 6.97. The Hall–Kier alpha value is -1.99. The highest BCUT2D eigenvalue weighted by molar-refractivity contribution is 7.09. The number of amides is 1. The predicted molar refractivity (Wildman–Crippen MR) is 76.8 cm³/mol. The fourth-order valence-corrected chi connectivity index (χ4v) is 2.36. The molecule has 20 heavy (non-hydrogen) atoms. The van der Waals surface area contributed by atoms with Gasteiger partial charge in [-0.15, -0.1) is 11.3 Å². The van der Waals surface area contributed by atoms with E-state index in [1.807, 2.05) is 6.07 Å². The maximum absolute atomic E-state index is 11.9. The average molecular weight is 292 g/mol. The molecule has 0 aromatic carbocycles. The summed E-state index contributed by atoms with van der Waals surface area (Å²) in [6.07, 6.45) is 2.36. The maximum atomic E-state index is 11.9. The van der Waals surface area contributed by atoms with Crippen molar-refractivity contribution in [3.63, 3.8) is 0 Å². The lowest BCUT2D eigenvalue weighted by Crippen LogP contribution is -2.23.